The number of carbonyl (C=O) groups excluding carboxylic acids is 2. The van der Waals surface area contributed by atoms with Gasteiger partial charge in [0.1, 0.15) is 5.75 Å². The molecule has 1 N–H and O–H groups in total. The summed E-state index contributed by atoms with van der Waals surface area (Å²) in [4.78, 5) is 26.2. The van der Waals surface area contributed by atoms with Gasteiger partial charge in [0.05, 0.1) is 23.8 Å². The maximum atomic E-state index is 13.1. The third-order valence-electron chi connectivity index (χ3n) is 4.45. The first-order valence-electron chi connectivity index (χ1n) is 8.80. The molecule has 0 radical (unpaired) electrons. The summed E-state index contributed by atoms with van der Waals surface area (Å²) in [7, 11) is 0. The van der Waals surface area contributed by atoms with Crippen molar-refractivity contribution in [3.63, 3.8) is 0 Å². The lowest BCUT2D eigenvalue weighted by Crippen LogP contribution is -2.28. The molecule has 3 rings (SSSR count). The van der Waals surface area contributed by atoms with Crippen LogP contribution in [-0.4, -0.2) is 25.0 Å². The summed E-state index contributed by atoms with van der Waals surface area (Å²) in [6, 6.07) is 11.6. The lowest BCUT2D eigenvalue weighted by atomic mass is 10.1. The highest BCUT2D eigenvalue weighted by atomic mass is 19.4. The third kappa shape index (κ3) is 4.27. The molecule has 1 heterocycles. The molecule has 1 aliphatic rings. The second-order valence-electron chi connectivity index (χ2n) is 6.36. The number of hydrogen-bond donors (Lipinski definition) is 1. The Hall–Kier alpha value is -3.03. The van der Waals surface area contributed by atoms with Crippen LogP contribution in [0.3, 0.4) is 0 Å². The van der Waals surface area contributed by atoms with Crippen LogP contribution in [0.4, 0.5) is 24.5 Å². The minimum atomic E-state index is -4.58. The van der Waals surface area contributed by atoms with Crippen LogP contribution in [0.5, 0.6) is 5.75 Å². The first-order valence-corrected chi connectivity index (χ1v) is 8.80. The highest BCUT2D eigenvalue weighted by Crippen LogP contribution is 2.35. The number of benzene rings is 2. The predicted octanol–water partition coefficient (Wildman–Crippen LogP) is 4.10. The van der Waals surface area contributed by atoms with E-state index < -0.39 is 23.6 Å². The molecular weight excluding hydrogens is 373 g/mol. The Morgan fingerprint density at radius 3 is 2.50 bits per heavy atom. The summed E-state index contributed by atoms with van der Waals surface area (Å²) in [6.07, 6.45) is -4.64. The number of hydrogen-bond acceptors (Lipinski definition) is 3. The average molecular weight is 392 g/mol. The van der Waals surface area contributed by atoms with E-state index in [1.54, 1.807) is 24.3 Å². The fourth-order valence-electron chi connectivity index (χ4n) is 3.10. The molecule has 0 bridgehead atoms. The minimum Gasteiger partial charge on any atom is -0.494 e. The average Bonchev–Trinajstić information content (AvgIpc) is 3.04. The number of halogens is 3. The van der Waals surface area contributed by atoms with E-state index >= 15 is 0 Å². The fourth-order valence-corrected chi connectivity index (χ4v) is 3.10. The van der Waals surface area contributed by atoms with Crippen LogP contribution in [0.2, 0.25) is 0 Å². The maximum Gasteiger partial charge on any atom is 0.418 e. The van der Waals surface area contributed by atoms with Crippen molar-refractivity contribution in [2.75, 3.05) is 23.4 Å². The van der Waals surface area contributed by atoms with Gasteiger partial charge in [0, 0.05) is 18.7 Å². The van der Waals surface area contributed by atoms with Gasteiger partial charge in [-0.2, -0.15) is 13.2 Å². The standard InChI is InChI=1S/C20H19F3N2O3/c1-2-28-15-9-7-14(8-10-15)25-12-13(11-18(25)26)19(27)24-17-6-4-3-5-16(17)20(21,22)23/h3-10,13H,2,11-12H2,1H3,(H,24,27). The van der Waals surface area contributed by atoms with E-state index in [1.807, 2.05) is 6.92 Å². The molecule has 2 aromatic carbocycles. The van der Waals surface area contributed by atoms with Gasteiger partial charge in [-0.1, -0.05) is 12.1 Å². The molecule has 0 aliphatic carbocycles. The lowest BCUT2D eigenvalue weighted by molar-refractivity contribution is -0.137. The Bertz CT molecular complexity index is 866. The Kier molecular flexibility index (Phi) is 5.58. The van der Waals surface area contributed by atoms with Gasteiger partial charge in [-0.05, 0) is 43.3 Å². The summed E-state index contributed by atoms with van der Waals surface area (Å²) in [6.45, 7) is 2.48. The third-order valence-corrected chi connectivity index (χ3v) is 4.45. The molecule has 8 heteroatoms. The van der Waals surface area contributed by atoms with Crippen LogP contribution < -0.4 is 15.0 Å². The molecule has 5 nitrogen and oxygen atoms in total. The SMILES string of the molecule is CCOc1ccc(N2CC(C(=O)Nc3ccccc3C(F)(F)F)CC2=O)cc1. The van der Waals surface area contributed by atoms with Crippen molar-refractivity contribution in [2.24, 2.45) is 5.92 Å². The smallest absolute Gasteiger partial charge is 0.418 e. The van der Waals surface area contributed by atoms with E-state index in [2.05, 4.69) is 5.32 Å². The van der Waals surface area contributed by atoms with Gasteiger partial charge in [0.25, 0.3) is 0 Å². The summed E-state index contributed by atoms with van der Waals surface area (Å²) >= 11 is 0. The van der Waals surface area contributed by atoms with Crippen molar-refractivity contribution < 1.29 is 27.5 Å². The van der Waals surface area contributed by atoms with Crippen LogP contribution in [0.1, 0.15) is 18.9 Å². The number of alkyl halides is 3. The van der Waals surface area contributed by atoms with Crippen molar-refractivity contribution in [3.05, 3.63) is 54.1 Å². The monoisotopic (exact) mass is 392 g/mol. The number of ether oxygens (including phenoxy) is 1. The number of rotatable bonds is 5. The molecule has 28 heavy (non-hydrogen) atoms. The van der Waals surface area contributed by atoms with Gasteiger partial charge in [-0.3, -0.25) is 9.59 Å². The molecule has 1 unspecified atom stereocenters. The first kappa shape index (κ1) is 19.7. The quantitative estimate of drug-likeness (QED) is 0.834. The van der Waals surface area contributed by atoms with Crippen molar-refractivity contribution in [3.8, 4) is 5.75 Å². The molecule has 1 fully saturated rings. The zero-order chi connectivity index (χ0) is 20.3. The van der Waals surface area contributed by atoms with Crippen LogP contribution in [0.25, 0.3) is 0 Å². The van der Waals surface area contributed by atoms with E-state index in [-0.39, 0.29) is 24.6 Å². The second-order valence-corrected chi connectivity index (χ2v) is 6.36. The number of carbonyl (C=O) groups is 2. The van der Waals surface area contributed by atoms with E-state index in [0.717, 1.165) is 6.07 Å². The summed E-state index contributed by atoms with van der Waals surface area (Å²) in [5, 5.41) is 2.32. The Balaban J connectivity index is 1.71. The Morgan fingerprint density at radius 1 is 1.18 bits per heavy atom. The first-order chi connectivity index (χ1) is 13.3. The summed E-state index contributed by atoms with van der Waals surface area (Å²) in [5.74, 6) is -0.941. The predicted molar refractivity (Wildman–Crippen MR) is 98.1 cm³/mol. The van der Waals surface area contributed by atoms with Crippen LogP contribution >= 0.6 is 0 Å². The number of nitrogens with zero attached hydrogens (tertiary/aromatic N) is 1. The second kappa shape index (κ2) is 7.92. The summed E-state index contributed by atoms with van der Waals surface area (Å²) in [5.41, 5.74) is -0.623. The molecule has 0 saturated carbocycles. The molecular formula is C20H19F3N2O3. The van der Waals surface area contributed by atoms with E-state index in [9.17, 15) is 22.8 Å². The van der Waals surface area contributed by atoms with Gasteiger partial charge in [-0.25, -0.2) is 0 Å². The van der Waals surface area contributed by atoms with Gasteiger partial charge in [-0.15, -0.1) is 0 Å². The highest BCUT2D eigenvalue weighted by molar-refractivity contribution is 6.03. The minimum absolute atomic E-state index is 0.0623. The molecule has 2 aromatic rings. The topological polar surface area (TPSA) is 58.6 Å². The molecule has 1 saturated heterocycles. The number of anilines is 2. The highest BCUT2D eigenvalue weighted by Gasteiger charge is 2.37. The molecule has 0 aromatic heterocycles. The number of para-hydroxylation sites is 1. The number of amides is 2. The van der Waals surface area contributed by atoms with Gasteiger partial charge in [0.2, 0.25) is 11.8 Å². The van der Waals surface area contributed by atoms with E-state index in [4.69, 9.17) is 4.74 Å². The normalized spacial score (nSPS) is 16.9. The van der Waals surface area contributed by atoms with Crippen molar-refractivity contribution in [1.82, 2.24) is 0 Å². The molecule has 1 atom stereocenters. The maximum absolute atomic E-state index is 13.1. The summed E-state index contributed by atoms with van der Waals surface area (Å²) < 4.78 is 44.6. The van der Waals surface area contributed by atoms with Gasteiger partial charge >= 0.3 is 6.18 Å². The van der Waals surface area contributed by atoms with Crippen molar-refractivity contribution >= 4 is 23.2 Å². The molecule has 1 aliphatic heterocycles. The lowest BCUT2D eigenvalue weighted by Gasteiger charge is -2.18. The van der Waals surface area contributed by atoms with E-state index in [0.29, 0.717) is 18.0 Å². The van der Waals surface area contributed by atoms with Crippen LogP contribution in [0.15, 0.2) is 48.5 Å². The van der Waals surface area contributed by atoms with E-state index in [1.165, 1.54) is 23.1 Å². The van der Waals surface area contributed by atoms with Crippen LogP contribution in [-0.2, 0) is 15.8 Å². The largest absolute Gasteiger partial charge is 0.494 e. The van der Waals surface area contributed by atoms with Gasteiger partial charge < -0.3 is 15.0 Å². The molecule has 2 amide bonds. The Morgan fingerprint density at radius 2 is 1.86 bits per heavy atom. The Labute approximate surface area is 160 Å². The van der Waals surface area contributed by atoms with Crippen molar-refractivity contribution in [2.45, 2.75) is 19.5 Å². The zero-order valence-electron chi connectivity index (χ0n) is 15.1. The molecule has 0 spiro atoms. The number of nitrogens with one attached hydrogen (secondary N) is 1. The fraction of sp³-hybridized carbons (Fsp3) is 0.300. The van der Waals surface area contributed by atoms with Crippen LogP contribution in [0, 0.1) is 5.92 Å². The van der Waals surface area contributed by atoms with Gasteiger partial charge in [0.15, 0.2) is 0 Å². The van der Waals surface area contributed by atoms with Crippen molar-refractivity contribution in [1.29, 1.82) is 0 Å². The molecule has 148 valence electrons. The zero-order valence-corrected chi connectivity index (χ0v) is 15.1.